The molecule has 0 aliphatic rings. The van der Waals surface area contributed by atoms with Gasteiger partial charge in [-0.1, -0.05) is 13.8 Å². The predicted molar refractivity (Wildman–Crippen MR) is 60.1 cm³/mol. The Balaban J connectivity index is 2.45. The number of nitrogen functional groups attached to an aromatic ring is 1. The summed E-state index contributed by atoms with van der Waals surface area (Å²) < 4.78 is 1.71. The largest absolute Gasteiger partial charge is 0.382 e. The van der Waals surface area contributed by atoms with Crippen LogP contribution in [0.15, 0.2) is 12.1 Å². The Morgan fingerprint density at radius 1 is 1.19 bits per heavy atom. The van der Waals surface area contributed by atoms with Crippen molar-refractivity contribution in [3.8, 4) is 5.82 Å². The monoisotopic (exact) mass is 218 g/mol. The molecule has 0 aromatic carbocycles. The lowest BCUT2D eigenvalue weighted by molar-refractivity contribution is 0.752. The van der Waals surface area contributed by atoms with Crippen molar-refractivity contribution in [3.05, 3.63) is 23.8 Å². The van der Waals surface area contributed by atoms with E-state index in [1.165, 1.54) is 0 Å². The highest BCUT2D eigenvalue weighted by Crippen LogP contribution is 2.08. The van der Waals surface area contributed by atoms with Crippen LogP contribution in [0.5, 0.6) is 0 Å². The lowest BCUT2D eigenvalue weighted by Crippen LogP contribution is -2.06. The Bertz CT molecular complexity index is 473. The van der Waals surface area contributed by atoms with E-state index in [1.807, 2.05) is 13.8 Å². The third kappa shape index (κ3) is 1.86. The molecule has 0 saturated carbocycles. The quantitative estimate of drug-likeness (QED) is 0.822. The average Bonchev–Trinajstić information content (AvgIpc) is 2.73. The third-order valence-electron chi connectivity index (χ3n) is 2.24. The minimum atomic E-state index is 0.401. The van der Waals surface area contributed by atoms with Gasteiger partial charge in [-0.2, -0.15) is 4.68 Å². The molecule has 16 heavy (non-hydrogen) atoms. The summed E-state index contributed by atoms with van der Waals surface area (Å²) in [5, 5.41) is 12.2. The van der Waals surface area contributed by atoms with Gasteiger partial charge in [0.2, 0.25) is 0 Å². The van der Waals surface area contributed by atoms with Gasteiger partial charge in [-0.25, -0.2) is 4.98 Å². The molecule has 2 rings (SSSR count). The van der Waals surface area contributed by atoms with E-state index in [0.29, 0.717) is 11.6 Å². The summed E-state index contributed by atoms with van der Waals surface area (Å²) in [6.45, 7) is 4.05. The lowest BCUT2D eigenvalue weighted by Gasteiger charge is -2.01. The molecular formula is C10H14N6. The molecule has 84 valence electrons. The minimum absolute atomic E-state index is 0.401. The van der Waals surface area contributed by atoms with Crippen molar-refractivity contribution in [2.45, 2.75) is 26.7 Å². The Hall–Kier alpha value is -1.98. The minimum Gasteiger partial charge on any atom is -0.382 e. The maximum absolute atomic E-state index is 5.49. The van der Waals surface area contributed by atoms with Gasteiger partial charge in [0, 0.05) is 12.8 Å². The number of anilines is 1. The van der Waals surface area contributed by atoms with E-state index in [2.05, 4.69) is 20.3 Å². The second-order valence-corrected chi connectivity index (χ2v) is 3.38. The number of nitrogens with two attached hydrogens (primary N) is 1. The SMILES string of the molecule is CCc1nc(CC)n(-c2ccc(N)nn2)n1. The van der Waals surface area contributed by atoms with E-state index in [1.54, 1.807) is 16.8 Å². The van der Waals surface area contributed by atoms with Gasteiger partial charge in [0.05, 0.1) is 0 Å². The highest BCUT2D eigenvalue weighted by Gasteiger charge is 2.09. The third-order valence-corrected chi connectivity index (χ3v) is 2.24. The van der Waals surface area contributed by atoms with Crippen LogP contribution in [0.25, 0.3) is 5.82 Å². The number of hydrogen-bond acceptors (Lipinski definition) is 5. The van der Waals surface area contributed by atoms with Crippen LogP contribution in [0.4, 0.5) is 5.82 Å². The molecule has 2 aromatic rings. The van der Waals surface area contributed by atoms with E-state index < -0.39 is 0 Å². The summed E-state index contributed by atoms with van der Waals surface area (Å²) in [6.07, 6.45) is 1.61. The van der Waals surface area contributed by atoms with Crippen LogP contribution in [0.1, 0.15) is 25.5 Å². The molecule has 2 N–H and O–H groups in total. The number of nitrogens with zero attached hydrogens (tertiary/aromatic N) is 5. The van der Waals surface area contributed by atoms with Gasteiger partial charge in [0.1, 0.15) is 11.6 Å². The molecule has 0 unspecified atom stereocenters. The maximum Gasteiger partial charge on any atom is 0.177 e. The summed E-state index contributed by atoms with van der Waals surface area (Å²) in [5.41, 5.74) is 5.49. The van der Waals surface area contributed by atoms with Gasteiger partial charge >= 0.3 is 0 Å². The van der Waals surface area contributed by atoms with Crippen LogP contribution in [0.3, 0.4) is 0 Å². The number of rotatable bonds is 3. The Morgan fingerprint density at radius 2 is 2.00 bits per heavy atom. The van der Waals surface area contributed by atoms with Crippen LogP contribution < -0.4 is 5.73 Å². The van der Waals surface area contributed by atoms with Gasteiger partial charge in [0.15, 0.2) is 11.6 Å². The van der Waals surface area contributed by atoms with Crippen molar-refractivity contribution in [1.82, 2.24) is 25.0 Å². The standard InChI is InChI=1S/C10H14N6/c1-3-8-12-9(4-2)16(15-8)10-6-5-7(11)13-14-10/h5-6H,3-4H2,1-2H3,(H2,11,13). The zero-order valence-electron chi connectivity index (χ0n) is 9.38. The molecule has 0 radical (unpaired) electrons. The van der Waals surface area contributed by atoms with Crippen molar-refractivity contribution >= 4 is 5.82 Å². The molecular weight excluding hydrogens is 204 g/mol. The van der Waals surface area contributed by atoms with Gasteiger partial charge in [0.25, 0.3) is 0 Å². The summed E-state index contributed by atoms with van der Waals surface area (Å²) in [4.78, 5) is 4.40. The van der Waals surface area contributed by atoms with Crippen molar-refractivity contribution in [1.29, 1.82) is 0 Å². The molecule has 0 amide bonds. The van der Waals surface area contributed by atoms with Crippen LogP contribution in [-0.4, -0.2) is 25.0 Å². The molecule has 2 aromatic heterocycles. The fourth-order valence-corrected chi connectivity index (χ4v) is 1.40. The lowest BCUT2D eigenvalue weighted by atomic mass is 10.4. The molecule has 0 spiro atoms. The molecule has 2 heterocycles. The summed E-state index contributed by atoms with van der Waals surface area (Å²) in [6, 6.07) is 3.49. The topological polar surface area (TPSA) is 82.5 Å². The van der Waals surface area contributed by atoms with Gasteiger partial charge in [-0.15, -0.1) is 15.3 Å². The molecule has 0 bridgehead atoms. The number of hydrogen-bond donors (Lipinski definition) is 1. The molecule has 0 atom stereocenters. The van der Waals surface area contributed by atoms with Crippen LogP contribution in [-0.2, 0) is 12.8 Å². The predicted octanol–water partition coefficient (Wildman–Crippen LogP) is 0.764. The zero-order chi connectivity index (χ0) is 11.5. The highest BCUT2D eigenvalue weighted by atomic mass is 15.4. The van der Waals surface area contributed by atoms with Crippen molar-refractivity contribution in [3.63, 3.8) is 0 Å². The first-order valence-electron chi connectivity index (χ1n) is 5.29. The maximum atomic E-state index is 5.49. The molecule has 6 nitrogen and oxygen atoms in total. The Kier molecular flexibility index (Phi) is 2.80. The van der Waals surface area contributed by atoms with Crippen molar-refractivity contribution < 1.29 is 0 Å². The zero-order valence-corrected chi connectivity index (χ0v) is 9.38. The van der Waals surface area contributed by atoms with Crippen LogP contribution >= 0.6 is 0 Å². The van der Waals surface area contributed by atoms with E-state index in [-0.39, 0.29) is 0 Å². The first-order chi connectivity index (χ1) is 7.74. The molecule has 6 heteroatoms. The second kappa shape index (κ2) is 4.26. The first kappa shape index (κ1) is 10.5. The first-order valence-corrected chi connectivity index (χ1v) is 5.29. The van der Waals surface area contributed by atoms with E-state index in [4.69, 9.17) is 5.73 Å². The van der Waals surface area contributed by atoms with Crippen molar-refractivity contribution in [2.75, 3.05) is 5.73 Å². The van der Waals surface area contributed by atoms with Gasteiger partial charge in [-0.05, 0) is 12.1 Å². The average molecular weight is 218 g/mol. The number of aromatic nitrogens is 5. The molecule has 0 fully saturated rings. The Labute approximate surface area is 93.5 Å². The van der Waals surface area contributed by atoms with Crippen LogP contribution in [0.2, 0.25) is 0 Å². The van der Waals surface area contributed by atoms with Crippen LogP contribution in [0, 0.1) is 0 Å². The van der Waals surface area contributed by atoms with Gasteiger partial charge < -0.3 is 5.73 Å². The summed E-state index contributed by atoms with van der Waals surface area (Å²) in [5.74, 6) is 2.75. The smallest absolute Gasteiger partial charge is 0.177 e. The highest BCUT2D eigenvalue weighted by molar-refractivity contribution is 5.31. The van der Waals surface area contributed by atoms with Crippen molar-refractivity contribution in [2.24, 2.45) is 0 Å². The fraction of sp³-hybridized carbons (Fsp3) is 0.400. The molecule has 0 aliphatic carbocycles. The van der Waals surface area contributed by atoms with E-state index >= 15 is 0 Å². The normalized spacial score (nSPS) is 10.6. The summed E-state index contributed by atoms with van der Waals surface area (Å²) in [7, 11) is 0. The summed E-state index contributed by atoms with van der Waals surface area (Å²) >= 11 is 0. The molecule has 0 saturated heterocycles. The van der Waals surface area contributed by atoms with E-state index in [9.17, 15) is 0 Å². The fourth-order valence-electron chi connectivity index (χ4n) is 1.40. The molecule has 0 aliphatic heterocycles. The number of aryl methyl sites for hydroxylation is 2. The van der Waals surface area contributed by atoms with E-state index in [0.717, 1.165) is 24.5 Å². The Morgan fingerprint density at radius 3 is 2.56 bits per heavy atom. The second-order valence-electron chi connectivity index (χ2n) is 3.38. The van der Waals surface area contributed by atoms with Gasteiger partial charge in [-0.3, -0.25) is 0 Å².